The fourth-order valence-electron chi connectivity index (χ4n) is 3.40. The van der Waals surface area contributed by atoms with Gasteiger partial charge in [-0.1, -0.05) is 0 Å². The van der Waals surface area contributed by atoms with E-state index < -0.39 is 5.82 Å². The number of likely N-dealkylation sites (tertiary alicyclic amines) is 1. The molecule has 0 saturated carbocycles. The highest BCUT2D eigenvalue weighted by molar-refractivity contribution is 5.97. The van der Waals surface area contributed by atoms with E-state index in [4.69, 9.17) is 4.74 Å². The van der Waals surface area contributed by atoms with Crippen molar-refractivity contribution in [2.75, 3.05) is 20.2 Å². The van der Waals surface area contributed by atoms with Gasteiger partial charge in [0.1, 0.15) is 17.4 Å². The molecule has 3 rings (SSSR count). The number of halogens is 1. The van der Waals surface area contributed by atoms with Gasteiger partial charge in [0.05, 0.1) is 18.4 Å². The summed E-state index contributed by atoms with van der Waals surface area (Å²) in [5.74, 6) is 0.961. The van der Waals surface area contributed by atoms with Gasteiger partial charge in [0.25, 0.3) is 5.91 Å². The first-order valence-electron chi connectivity index (χ1n) is 8.12. The highest BCUT2D eigenvalue weighted by Gasteiger charge is 2.29. The van der Waals surface area contributed by atoms with Crippen molar-refractivity contribution in [3.63, 3.8) is 0 Å². The Hall–Kier alpha value is -2.37. The van der Waals surface area contributed by atoms with Crippen molar-refractivity contribution in [2.45, 2.75) is 25.7 Å². The minimum Gasteiger partial charge on any atom is -0.496 e. The number of benzene rings is 1. The fourth-order valence-corrected chi connectivity index (χ4v) is 3.40. The molecule has 1 aliphatic rings. The number of amides is 1. The van der Waals surface area contributed by atoms with Crippen LogP contribution in [0.2, 0.25) is 0 Å². The quantitative estimate of drug-likeness (QED) is 0.869. The van der Waals surface area contributed by atoms with E-state index in [0.29, 0.717) is 18.8 Å². The lowest BCUT2D eigenvalue weighted by Gasteiger charge is -2.32. The Morgan fingerprint density at radius 1 is 1.42 bits per heavy atom. The summed E-state index contributed by atoms with van der Waals surface area (Å²) < 4.78 is 20.8. The van der Waals surface area contributed by atoms with E-state index in [0.717, 1.165) is 24.4 Å². The number of hydrogen-bond acceptors (Lipinski definition) is 3. The van der Waals surface area contributed by atoms with Crippen LogP contribution >= 0.6 is 0 Å². The molecule has 1 fully saturated rings. The smallest absolute Gasteiger partial charge is 0.257 e. The highest BCUT2D eigenvalue weighted by Crippen LogP contribution is 2.29. The zero-order chi connectivity index (χ0) is 17.3. The molecule has 1 amide bonds. The zero-order valence-corrected chi connectivity index (χ0v) is 14.3. The molecule has 0 radical (unpaired) electrons. The second kappa shape index (κ2) is 6.63. The van der Waals surface area contributed by atoms with Crippen LogP contribution in [0.3, 0.4) is 0 Å². The molecule has 1 atom stereocenters. The number of carbonyl (C=O) groups excluding carboxylic acids is 1. The molecular weight excluding hydrogens is 309 g/mol. The van der Waals surface area contributed by atoms with E-state index in [9.17, 15) is 9.18 Å². The first-order valence-corrected chi connectivity index (χ1v) is 8.12. The summed E-state index contributed by atoms with van der Waals surface area (Å²) in [5.41, 5.74) is 1.25. The van der Waals surface area contributed by atoms with E-state index in [1.807, 2.05) is 24.7 Å². The van der Waals surface area contributed by atoms with Crippen molar-refractivity contribution >= 4 is 5.91 Å². The third kappa shape index (κ3) is 3.13. The van der Waals surface area contributed by atoms with Gasteiger partial charge >= 0.3 is 0 Å². The van der Waals surface area contributed by atoms with E-state index >= 15 is 0 Å². The number of methoxy groups -OCH3 is 1. The second-order valence-corrected chi connectivity index (χ2v) is 6.29. The Bertz CT molecular complexity index is 757. The summed E-state index contributed by atoms with van der Waals surface area (Å²) in [6.45, 7) is 3.22. The fraction of sp³-hybridized carbons (Fsp3) is 0.444. The second-order valence-electron chi connectivity index (χ2n) is 6.29. The summed E-state index contributed by atoms with van der Waals surface area (Å²) in [6, 6.07) is 4.03. The van der Waals surface area contributed by atoms with Gasteiger partial charge in [-0.25, -0.2) is 9.37 Å². The number of aromatic nitrogens is 2. The van der Waals surface area contributed by atoms with Crippen molar-refractivity contribution in [1.82, 2.24) is 14.5 Å². The molecule has 24 heavy (non-hydrogen) atoms. The van der Waals surface area contributed by atoms with Crippen LogP contribution in [0.1, 0.15) is 40.6 Å². The van der Waals surface area contributed by atoms with Gasteiger partial charge in [0.2, 0.25) is 0 Å². The summed E-state index contributed by atoms with van der Waals surface area (Å²) in [4.78, 5) is 19.2. The maximum atomic E-state index is 13.6. The van der Waals surface area contributed by atoms with Crippen LogP contribution in [0.5, 0.6) is 5.75 Å². The minimum absolute atomic E-state index is 0.193. The molecule has 5 nitrogen and oxygen atoms in total. The molecule has 6 heteroatoms. The maximum absolute atomic E-state index is 13.6. The Kier molecular flexibility index (Phi) is 4.55. The average molecular weight is 331 g/mol. The molecular formula is C18H22FN3O2. The molecule has 1 aromatic carbocycles. The number of nitrogens with zero attached hydrogens (tertiary/aromatic N) is 3. The molecule has 0 N–H and O–H groups in total. The number of rotatable bonds is 3. The van der Waals surface area contributed by atoms with Gasteiger partial charge in [0, 0.05) is 32.3 Å². The van der Waals surface area contributed by atoms with Gasteiger partial charge in [-0.15, -0.1) is 0 Å². The monoisotopic (exact) mass is 331 g/mol. The summed E-state index contributed by atoms with van der Waals surface area (Å²) in [7, 11) is 3.46. The van der Waals surface area contributed by atoms with E-state index in [2.05, 4.69) is 4.98 Å². The molecule has 1 unspecified atom stereocenters. The van der Waals surface area contributed by atoms with Crippen molar-refractivity contribution in [2.24, 2.45) is 7.05 Å². The van der Waals surface area contributed by atoms with Crippen LogP contribution < -0.4 is 4.74 Å². The lowest BCUT2D eigenvalue weighted by atomic mass is 9.96. The topological polar surface area (TPSA) is 47.4 Å². The number of aryl methyl sites for hydroxylation is 2. The van der Waals surface area contributed by atoms with Gasteiger partial charge in [-0.3, -0.25) is 4.79 Å². The summed E-state index contributed by atoms with van der Waals surface area (Å²) in [6.07, 6.45) is 3.89. The molecule has 0 spiro atoms. The SMILES string of the molecule is COc1ccc(F)cc1C(=O)N1CCCC(c2nc(C)cn2C)C1. The molecule has 1 saturated heterocycles. The van der Waals surface area contributed by atoms with E-state index in [1.54, 1.807) is 4.90 Å². The highest BCUT2D eigenvalue weighted by atomic mass is 19.1. The normalized spacial score (nSPS) is 17.8. The van der Waals surface area contributed by atoms with Crippen LogP contribution in [0, 0.1) is 12.7 Å². The Morgan fingerprint density at radius 3 is 2.88 bits per heavy atom. The lowest BCUT2D eigenvalue weighted by Crippen LogP contribution is -2.39. The molecule has 2 heterocycles. The summed E-state index contributed by atoms with van der Waals surface area (Å²) in [5, 5.41) is 0. The summed E-state index contributed by atoms with van der Waals surface area (Å²) >= 11 is 0. The van der Waals surface area contributed by atoms with Gasteiger partial charge in [-0.2, -0.15) is 0 Å². The van der Waals surface area contributed by atoms with Crippen LogP contribution in [-0.2, 0) is 7.05 Å². The Morgan fingerprint density at radius 2 is 2.21 bits per heavy atom. The zero-order valence-electron chi connectivity index (χ0n) is 14.3. The minimum atomic E-state index is -0.438. The molecule has 1 aromatic heterocycles. The van der Waals surface area contributed by atoms with Gasteiger partial charge in [0.15, 0.2) is 0 Å². The molecule has 128 valence electrons. The van der Waals surface area contributed by atoms with Gasteiger partial charge in [-0.05, 0) is 38.0 Å². The largest absolute Gasteiger partial charge is 0.496 e. The van der Waals surface area contributed by atoms with Crippen LogP contribution in [0.4, 0.5) is 4.39 Å². The number of ether oxygens (including phenoxy) is 1. The van der Waals surface area contributed by atoms with Crippen LogP contribution in [0.25, 0.3) is 0 Å². The number of carbonyl (C=O) groups is 1. The van der Waals surface area contributed by atoms with Crippen LogP contribution in [-0.4, -0.2) is 40.6 Å². The Labute approximate surface area is 141 Å². The molecule has 2 aromatic rings. The van der Waals surface area contributed by atoms with Crippen molar-refractivity contribution < 1.29 is 13.9 Å². The van der Waals surface area contributed by atoms with Crippen molar-refractivity contribution in [1.29, 1.82) is 0 Å². The van der Waals surface area contributed by atoms with Crippen LogP contribution in [0.15, 0.2) is 24.4 Å². The van der Waals surface area contributed by atoms with Crippen molar-refractivity contribution in [3.05, 3.63) is 47.3 Å². The molecule has 0 aliphatic carbocycles. The first-order chi connectivity index (χ1) is 11.5. The third-order valence-electron chi connectivity index (χ3n) is 4.50. The maximum Gasteiger partial charge on any atom is 0.257 e. The van der Waals surface area contributed by atoms with Crippen molar-refractivity contribution in [3.8, 4) is 5.75 Å². The van der Waals surface area contributed by atoms with Gasteiger partial charge < -0.3 is 14.2 Å². The Balaban J connectivity index is 1.83. The molecule has 1 aliphatic heterocycles. The first kappa shape index (κ1) is 16.5. The predicted molar refractivity (Wildman–Crippen MR) is 88.8 cm³/mol. The number of hydrogen-bond donors (Lipinski definition) is 0. The lowest BCUT2D eigenvalue weighted by molar-refractivity contribution is 0.0699. The average Bonchev–Trinajstić information content (AvgIpc) is 2.92. The predicted octanol–water partition coefficient (Wildman–Crippen LogP) is 2.90. The van der Waals surface area contributed by atoms with E-state index in [1.165, 1.54) is 25.3 Å². The standard InChI is InChI=1S/C18H22FN3O2/c1-12-10-21(2)17(20-12)13-5-4-8-22(11-13)18(23)15-9-14(19)6-7-16(15)24-3/h6-7,9-10,13H,4-5,8,11H2,1-3H3. The number of imidazole rings is 1. The molecule has 0 bridgehead atoms. The third-order valence-corrected chi connectivity index (χ3v) is 4.50. The van der Waals surface area contributed by atoms with E-state index in [-0.39, 0.29) is 17.4 Å². The number of piperidine rings is 1.